The van der Waals surface area contributed by atoms with E-state index in [1.54, 1.807) is 0 Å². The molecule has 0 radical (unpaired) electrons. The van der Waals surface area contributed by atoms with Crippen LogP contribution in [0.1, 0.15) is 16.8 Å². The van der Waals surface area contributed by atoms with Gasteiger partial charge in [0.25, 0.3) is 0 Å². The van der Waals surface area contributed by atoms with Crippen LogP contribution in [0.15, 0.2) is 41.0 Å². The Hall–Kier alpha value is -1.61. The van der Waals surface area contributed by atoms with E-state index in [1.165, 1.54) is 22.4 Å². The number of hydrogen-bond donors (Lipinski definition) is 0. The maximum absolute atomic E-state index is 4.77. The largest absolute Gasteiger partial charge is 0.303 e. The van der Waals surface area contributed by atoms with Crippen LogP contribution in [0, 0.1) is 6.92 Å². The zero-order valence-corrected chi connectivity index (χ0v) is 11.5. The zero-order valence-electron chi connectivity index (χ0n) is 9.94. The number of fused-ring (bicyclic) bond motifs is 5. The van der Waals surface area contributed by atoms with Crippen molar-refractivity contribution in [2.45, 2.75) is 13.3 Å². The molecule has 3 aromatic rings. The Kier molecular flexibility index (Phi) is 1.98. The summed E-state index contributed by atoms with van der Waals surface area (Å²) in [7, 11) is 0. The van der Waals surface area contributed by atoms with Crippen molar-refractivity contribution in [3.05, 3.63) is 57.8 Å². The first-order chi connectivity index (χ1) is 8.72. The Morgan fingerprint density at radius 1 is 1.22 bits per heavy atom. The van der Waals surface area contributed by atoms with E-state index in [-0.39, 0.29) is 0 Å². The molecule has 1 aliphatic carbocycles. The fourth-order valence-corrected chi connectivity index (χ4v) is 3.11. The normalized spacial score (nSPS) is 12.8. The predicted octanol–water partition coefficient (Wildman–Crippen LogP) is 3.98. The van der Waals surface area contributed by atoms with Gasteiger partial charge >= 0.3 is 0 Å². The number of pyridine rings is 1. The number of aromatic nitrogens is 2. The lowest BCUT2D eigenvalue weighted by molar-refractivity contribution is 1.05. The molecule has 2 heterocycles. The first-order valence-electron chi connectivity index (χ1n) is 5.99. The van der Waals surface area contributed by atoms with E-state index in [4.69, 9.17) is 4.98 Å². The lowest BCUT2D eigenvalue weighted by Gasteiger charge is -2.01. The molecule has 88 valence electrons. The summed E-state index contributed by atoms with van der Waals surface area (Å²) >= 11 is 3.53. The van der Waals surface area contributed by atoms with Crippen molar-refractivity contribution in [2.24, 2.45) is 0 Å². The van der Waals surface area contributed by atoms with Crippen molar-refractivity contribution in [2.75, 3.05) is 0 Å². The molecule has 0 aliphatic heterocycles. The molecule has 0 N–H and O–H groups in total. The third-order valence-corrected chi connectivity index (χ3v) is 4.05. The average Bonchev–Trinajstić information content (AvgIpc) is 2.83. The van der Waals surface area contributed by atoms with Gasteiger partial charge in [-0.3, -0.25) is 0 Å². The summed E-state index contributed by atoms with van der Waals surface area (Å²) in [5.74, 6) is 0. The van der Waals surface area contributed by atoms with E-state index in [0.29, 0.717) is 0 Å². The minimum Gasteiger partial charge on any atom is -0.303 e. The standard InChI is InChI=1S/C15H11BrN2/c1-9-4-5-18-13-8-10-7-11(16)2-3-12(10)15(13)17-14(18)6-9/h2-7H,8H2,1H3. The molecule has 1 aromatic carbocycles. The number of hydrogen-bond acceptors (Lipinski definition) is 1. The minimum absolute atomic E-state index is 0.967. The number of aryl methyl sites for hydroxylation is 1. The van der Waals surface area contributed by atoms with Crippen LogP contribution in [0.25, 0.3) is 16.9 Å². The Bertz CT molecular complexity index is 787. The van der Waals surface area contributed by atoms with Crippen molar-refractivity contribution in [3.8, 4) is 11.3 Å². The predicted molar refractivity (Wildman–Crippen MR) is 75.9 cm³/mol. The van der Waals surface area contributed by atoms with Gasteiger partial charge in [0.05, 0.1) is 11.4 Å². The van der Waals surface area contributed by atoms with Crippen molar-refractivity contribution >= 4 is 21.6 Å². The van der Waals surface area contributed by atoms with Gasteiger partial charge < -0.3 is 4.40 Å². The van der Waals surface area contributed by atoms with Crippen LogP contribution < -0.4 is 0 Å². The van der Waals surface area contributed by atoms with Gasteiger partial charge in [-0.2, -0.15) is 0 Å². The number of benzene rings is 1. The number of imidazole rings is 1. The van der Waals surface area contributed by atoms with Gasteiger partial charge in [-0.1, -0.05) is 22.0 Å². The number of halogens is 1. The maximum atomic E-state index is 4.77. The van der Waals surface area contributed by atoms with Crippen LogP contribution in [0.5, 0.6) is 0 Å². The highest BCUT2D eigenvalue weighted by Crippen LogP contribution is 2.37. The molecule has 0 saturated carbocycles. The highest BCUT2D eigenvalue weighted by Gasteiger charge is 2.23. The second-order valence-electron chi connectivity index (χ2n) is 4.82. The molecule has 0 atom stereocenters. The average molecular weight is 299 g/mol. The van der Waals surface area contributed by atoms with E-state index in [2.05, 4.69) is 63.8 Å². The highest BCUT2D eigenvalue weighted by atomic mass is 79.9. The molecule has 0 spiro atoms. The van der Waals surface area contributed by atoms with Gasteiger partial charge in [0.15, 0.2) is 0 Å². The third-order valence-electron chi connectivity index (χ3n) is 3.56. The molecule has 3 heteroatoms. The van der Waals surface area contributed by atoms with E-state index in [1.807, 2.05) is 0 Å². The molecule has 0 amide bonds. The van der Waals surface area contributed by atoms with Gasteiger partial charge in [0.2, 0.25) is 0 Å². The molecule has 1 aliphatic rings. The molecule has 18 heavy (non-hydrogen) atoms. The topological polar surface area (TPSA) is 17.3 Å². The van der Waals surface area contributed by atoms with Crippen molar-refractivity contribution in [1.82, 2.24) is 9.38 Å². The Morgan fingerprint density at radius 2 is 2.11 bits per heavy atom. The van der Waals surface area contributed by atoms with Crippen LogP contribution >= 0.6 is 15.9 Å². The molecular formula is C15H11BrN2. The molecule has 2 nitrogen and oxygen atoms in total. The van der Waals surface area contributed by atoms with E-state index in [9.17, 15) is 0 Å². The summed E-state index contributed by atoms with van der Waals surface area (Å²) in [6, 6.07) is 10.7. The summed E-state index contributed by atoms with van der Waals surface area (Å²) in [5, 5.41) is 0. The Labute approximate surface area is 113 Å². The van der Waals surface area contributed by atoms with Crippen molar-refractivity contribution < 1.29 is 0 Å². The molecule has 2 aromatic heterocycles. The third kappa shape index (κ3) is 1.31. The summed E-state index contributed by atoms with van der Waals surface area (Å²) in [4.78, 5) is 4.77. The number of rotatable bonds is 0. The zero-order chi connectivity index (χ0) is 12.3. The Morgan fingerprint density at radius 3 is 3.00 bits per heavy atom. The molecule has 0 unspecified atom stereocenters. The smallest absolute Gasteiger partial charge is 0.137 e. The fraction of sp³-hybridized carbons (Fsp3) is 0.133. The van der Waals surface area contributed by atoms with E-state index in [0.717, 1.165) is 22.2 Å². The molecule has 0 saturated heterocycles. The van der Waals surface area contributed by atoms with Crippen LogP contribution in [0.3, 0.4) is 0 Å². The van der Waals surface area contributed by atoms with E-state index < -0.39 is 0 Å². The molecule has 0 bridgehead atoms. The lowest BCUT2D eigenvalue weighted by atomic mass is 10.1. The SMILES string of the molecule is Cc1ccn2c3c(nc2c1)-c1ccc(Br)cc1C3. The van der Waals surface area contributed by atoms with Gasteiger partial charge in [0, 0.05) is 22.7 Å². The second-order valence-corrected chi connectivity index (χ2v) is 5.73. The highest BCUT2D eigenvalue weighted by molar-refractivity contribution is 9.10. The minimum atomic E-state index is 0.967. The van der Waals surface area contributed by atoms with Gasteiger partial charge in [-0.25, -0.2) is 4.98 Å². The summed E-state index contributed by atoms with van der Waals surface area (Å²) in [6.45, 7) is 2.10. The summed E-state index contributed by atoms with van der Waals surface area (Å²) < 4.78 is 3.34. The first-order valence-corrected chi connectivity index (χ1v) is 6.78. The molecule has 4 rings (SSSR count). The van der Waals surface area contributed by atoms with Gasteiger partial charge in [-0.15, -0.1) is 0 Å². The summed E-state index contributed by atoms with van der Waals surface area (Å²) in [5.41, 5.74) is 7.38. The van der Waals surface area contributed by atoms with Crippen LogP contribution in [0.4, 0.5) is 0 Å². The number of nitrogens with zero attached hydrogens (tertiary/aromatic N) is 2. The maximum Gasteiger partial charge on any atom is 0.137 e. The molecular weight excluding hydrogens is 288 g/mol. The van der Waals surface area contributed by atoms with Gasteiger partial charge in [-0.05, 0) is 42.3 Å². The lowest BCUT2D eigenvalue weighted by Crippen LogP contribution is -1.91. The van der Waals surface area contributed by atoms with Crippen LogP contribution in [0.2, 0.25) is 0 Å². The fourth-order valence-electron chi connectivity index (χ4n) is 2.70. The van der Waals surface area contributed by atoms with Crippen LogP contribution in [-0.2, 0) is 6.42 Å². The van der Waals surface area contributed by atoms with Crippen LogP contribution in [-0.4, -0.2) is 9.38 Å². The quantitative estimate of drug-likeness (QED) is 0.480. The Balaban J connectivity index is 2.04. The molecule has 0 fully saturated rings. The van der Waals surface area contributed by atoms with Gasteiger partial charge in [0.1, 0.15) is 5.65 Å². The second kappa shape index (κ2) is 3.45. The monoisotopic (exact) mass is 298 g/mol. The first kappa shape index (κ1) is 10.3. The summed E-state index contributed by atoms with van der Waals surface area (Å²) in [6.07, 6.45) is 3.09. The van der Waals surface area contributed by atoms with E-state index >= 15 is 0 Å². The van der Waals surface area contributed by atoms with Crippen molar-refractivity contribution in [3.63, 3.8) is 0 Å². The van der Waals surface area contributed by atoms with Crippen molar-refractivity contribution in [1.29, 1.82) is 0 Å².